The highest BCUT2D eigenvalue weighted by molar-refractivity contribution is 5.14. The number of rotatable bonds is 4. The highest BCUT2D eigenvalue weighted by Crippen LogP contribution is 2.42. The van der Waals surface area contributed by atoms with E-state index in [0.29, 0.717) is 12.1 Å². The molecule has 0 aromatic carbocycles. The highest BCUT2D eigenvalue weighted by atomic mass is 16.5. The predicted octanol–water partition coefficient (Wildman–Crippen LogP) is 3.65. The monoisotopic (exact) mass is 276 g/mol. The largest absolute Gasteiger partial charge is 0.370 e. The maximum atomic E-state index is 6.45. The van der Waals surface area contributed by atoms with Crippen LogP contribution in [-0.2, 0) is 11.3 Å². The maximum Gasteiger partial charge on any atom is 0.0762 e. The Labute approximate surface area is 122 Å². The first-order valence-electron chi connectivity index (χ1n) is 8.21. The van der Waals surface area contributed by atoms with Crippen molar-refractivity contribution in [3.8, 4) is 0 Å². The first-order chi connectivity index (χ1) is 9.71. The summed E-state index contributed by atoms with van der Waals surface area (Å²) in [5, 5.41) is 3.29. The minimum atomic E-state index is 0.247. The zero-order valence-corrected chi connectivity index (χ0v) is 12.9. The molecule has 2 fully saturated rings. The van der Waals surface area contributed by atoms with Gasteiger partial charge in [-0.3, -0.25) is 0 Å². The fourth-order valence-electron chi connectivity index (χ4n) is 3.82. The van der Waals surface area contributed by atoms with Crippen LogP contribution in [0.5, 0.6) is 0 Å². The van der Waals surface area contributed by atoms with E-state index in [1.807, 2.05) is 7.05 Å². The van der Waals surface area contributed by atoms with Crippen molar-refractivity contribution < 1.29 is 4.74 Å². The lowest BCUT2D eigenvalue weighted by Crippen LogP contribution is -2.32. The Kier molecular flexibility index (Phi) is 4.18. The lowest BCUT2D eigenvalue weighted by atomic mass is 9.83. The number of nitrogens with one attached hydrogen (secondary N) is 1. The topological polar surface area (TPSA) is 26.2 Å². The molecule has 2 heterocycles. The summed E-state index contributed by atoms with van der Waals surface area (Å²) in [7, 11) is 2.01. The van der Waals surface area contributed by atoms with Crippen molar-refractivity contribution in [1.29, 1.82) is 0 Å². The molecule has 3 nitrogen and oxygen atoms in total. The summed E-state index contributed by atoms with van der Waals surface area (Å²) in [5.74, 6) is 0. The Hall–Kier alpha value is -0.800. The molecule has 3 heteroatoms. The van der Waals surface area contributed by atoms with Crippen molar-refractivity contribution in [3.63, 3.8) is 0 Å². The number of ether oxygens (including phenoxy) is 1. The molecule has 1 saturated carbocycles. The number of nitrogens with zero attached hydrogens (tertiary/aromatic N) is 1. The minimum absolute atomic E-state index is 0.247. The van der Waals surface area contributed by atoms with Crippen LogP contribution >= 0.6 is 0 Å². The first-order valence-corrected chi connectivity index (χ1v) is 8.21. The van der Waals surface area contributed by atoms with Gasteiger partial charge in [-0.1, -0.05) is 19.3 Å². The molecule has 2 aliphatic rings. The van der Waals surface area contributed by atoms with Gasteiger partial charge in [0.25, 0.3) is 0 Å². The van der Waals surface area contributed by atoms with Gasteiger partial charge in [0.05, 0.1) is 11.7 Å². The van der Waals surface area contributed by atoms with Gasteiger partial charge < -0.3 is 14.6 Å². The van der Waals surface area contributed by atoms with E-state index in [0.717, 1.165) is 6.54 Å². The molecule has 112 valence electrons. The molecule has 1 N–H and O–H groups in total. The Morgan fingerprint density at radius 2 is 2.15 bits per heavy atom. The molecule has 1 aliphatic heterocycles. The fourth-order valence-corrected chi connectivity index (χ4v) is 3.82. The quantitative estimate of drug-likeness (QED) is 0.908. The highest BCUT2D eigenvalue weighted by Gasteiger charge is 2.40. The van der Waals surface area contributed by atoms with E-state index in [1.54, 1.807) is 0 Å². The normalized spacial score (nSPS) is 27.0. The average molecular weight is 276 g/mol. The van der Waals surface area contributed by atoms with Crippen molar-refractivity contribution >= 4 is 0 Å². The summed E-state index contributed by atoms with van der Waals surface area (Å²) in [5.41, 5.74) is 1.61. The fraction of sp³-hybridized carbons (Fsp3) is 0.765. The number of aromatic nitrogens is 1. The second kappa shape index (κ2) is 5.90. The van der Waals surface area contributed by atoms with Crippen molar-refractivity contribution in [2.24, 2.45) is 0 Å². The maximum absolute atomic E-state index is 6.45. The SMILES string of the molecule is CNC(C)c1ccn(CC2CCC3(CCCCC3)O2)c1. The summed E-state index contributed by atoms with van der Waals surface area (Å²) in [6.07, 6.45) is 14.1. The van der Waals surface area contributed by atoms with E-state index in [2.05, 4.69) is 35.3 Å². The Morgan fingerprint density at radius 3 is 2.90 bits per heavy atom. The third-order valence-corrected chi connectivity index (χ3v) is 5.22. The van der Waals surface area contributed by atoms with Crippen LogP contribution in [0.25, 0.3) is 0 Å². The molecule has 2 unspecified atom stereocenters. The van der Waals surface area contributed by atoms with Gasteiger partial charge in [-0.25, -0.2) is 0 Å². The van der Waals surface area contributed by atoms with E-state index in [-0.39, 0.29) is 5.60 Å². The third-order valence-electron chi connectivity index (χ3n) is 5.22. The molecular formula is C17H28N2O. The van der Waals surface area contributed by atoms with Crippen LogP contribution in [-0.4, -0.2) is 23.3 Å². The second-order valence-electron chi connectivity index (χ2n) is 6.67. The third kappa shape index (κ3) is 2.94. The zero-order valence-electron chi connectivity index (χ0n) is 12.9. The van der Waals surface area contributed by atoms with Crippen LogP contribution in [0.3, 0.4) is 0 Å². The summed E-state index contributed by atoms with van der Waals surface area (Å²) in [4.78, 5) is 0. The van der Waals surface area contributed by atoms with Gasteiger partial charge in [0.1, 0.15) is 0 Å². The Balaban J connectivity index is 1.57. The predicted molar refractivity (Wildman–Crippen MR) is 81.8 cm³/mol. The van der Waals surface area contributed by atoms with Crippen molar-refractivity contribution in [3.05, 3.63) is 24.0 Å². The molecule has 1 aromatic rings. The van der Waals surface area contributed by atoms with E-state index < -0.39 is 0 Å². The van der Waals surface area contributed by atoms with Gasteiger partial charge in [0.2, 0.25) is 0 Å². The summed E-state index contributed by atoms with van der Waals surface area (Å²) >= 11 is 0. The standard InChI is InChI=1S/C17H28N2O/c1-14(18-2)15-7-11-19(12-15)13-16-6-10-17(20-16)8-4-3-5-9-17/h7,11-12,14,16,18H,3-6,8-10,13H2,1-2H3. The molecule has 0 amide bonds. The first kappa shape index (κ1) is 14.2. The molecule has 0 bridgehead atoms. The van der Waals surface area contributed by atoms with Crippen LogP contribution in [0.1, 0.15) is 63.5 Å². The van der Waals surface area contributed by atoms with E-state index in [4.69, 9.17) is 4.74 Å². The summed E-state index contributed by atoms with van der Waals surface area (Å²) in [6, 6.07) is 2.64. The van der Waals surface area contributed by atoms with Crippen LogP contribution in [0.2, 0.25) is 0 Å². The van der Waals surface area contributed by atoms with Crippen LogP contribution in [0.15, 0.2) is 18.5 Å². The molecule has 1 spiro atoms. The van der Waals surface area contributed by atoms with E-state index >= 15 is 0 Å². The Bertz CT molecular complexity index is 434. The lowest BCUT2D eigenvalue weighted by Gasteiger charge is -2.33. The van der Waals surface area contributed by atoms with Gasteiger partial charge >= 0.3 is 0 Å². The van der Waals surface area contributed by atoms with Crippen molar-refractivity contribution in [2.45, 2.75) is 76.2 Å². The molecule has 3 rings (SSSR count). The molecule has 1 aliphatic carbocycles. The average Bonchev–Trinajstić information content (AvgIpc) is 3.07. The molecular weight excluding hydrogens is 248 g/mol. The smallest absolute Gasteiger partial charge is 0.0762 e. The van der Waals surface area contributed by atoms with Crippen LogP contribution in [0, 0.1) is 0 Å². The zero-order chi connectivity index (χ0) is 14.0. The van der Waals surface area contributed by atoms with Crippen LogP contribution < -0.4 is 5.32 Å². The van der Waals surface area contributed by atoms with Gasteiger partial charge in [0.15, 0.2) is 0 Å². The molecule has 1 saturated heterocycles. The van der Waals surface area contributed by atoms with Gasteiger partial charge in [-0.2, -0.15) is 0 Å². The lowest BCUT2D eigenvalue weighted by molar-refractivity contribution is -0.0679. The second-order valence-corrected chi connectivity index (χ2v) is 6.67. The number of hydrogen-bond acceptors (Lipinski definition) is 2. The van der Waals surface area contributed by atoms with E-state index in [1.165, 1.54) is 50.5 Å². The molecule has 2 atom stereocenters. The molecule has 0 radical (unpaired) electrons. The van der Waals surface area contributed by atoms with Crippen molar-refractivity contribution in [2.75, 3.05) is 7.05 Å². The Morgan fingerprint density at radius 1 is 1.35 bits per heavy atom. The van der Waals surface area contributed by atoms with Gasteiger partial charge in [-0.05, 0) is 51.3 Å². The van der Waals surface area contributed by atoms with Crippen molar-refractivity contribution in [1.82, 2.24) is 9.88 Å². The van der Waals surface area contributed by atoms with Crippen LogP contribution in [0.4, 0.5) is 0 Å². The minimum Gasteiger partial charge on any atom is -0.370 e. The molecule has 20 heavy (non-hydrogen) atoms. The summed E-state index contributed by atoms with van der Waals surface area (Å²) in [6.45, 7) is 3.21. The molecule has 1 aromatic heterocycles. The van der Waals surface area contributed by atoms with E-state index in [9.17, 15) is 0 Å². The van der Waals surface area contributed by atoms with Gasteiger partial charge in [0, 0.05) is 25.0 Å². The number of hydrogen-bond donors (Lipinski definition) is 1. The van der Waals surface area contributed by atoms with Gasteiger partial charge in [-0.15, -0.1) is 0 Å². The summed E-state index contributed by atoms with van der Waals surface area (Å²) < 4.78 is 8.75.